The molecule has 1 aliphatic heterocycles. The van der Waals surface area contributed by atoms with Crippen LogP contribution >= 0.6 is 0 Å². The van der Waals surface area contributed by atoms with Crippen molar-refractivity contribution in [3.05, 3.63) is 132 Å². The van der Waals surface area contributed by atoms with E-state index in [-0.39, 0.29) is 34.3 Å². The molecule has 0 radical (unpaired) electrons. The minimum atomic E-state index is -4.45. The minimum absolute atomic E-state index is 0.0304. The van der Waals surface area contributed by atoms with Crippen molar-refractivity contribution in [3.63, 3.8) is 0 Å². The molecule has 0 bridgehead atoms. The standard InChI is InChI=1S/C39H41N3O9S2/c1-5-48-38(43)36-24-35-34(25-41(36)52(44,45)32-20-16-30(17-21-32)49-26-28-12-8-6-9-13-28)37(42(40-35)39(2,3)4)51-53(46,47)33-22-18-31(19-23-33)50-27-29-14-10-7-11-15-29/h6-23,36H,5,24-27H2,1-4H3/t36-/m1/s1. The zero-order valence-electron chi connectivity index (χ0n) is 29.8. The van der Waals surface area contributed by atoms with Crippen LogP contribution in [0, 0.1) is 0 Å². The zero-order chi connectivity index (χ0) is 37.8. The fourth-order valence-electron chi connectivity index (χ4n) is 5.76. The molecule has 0 saturated carbocycles. The second kappa shape index (κ2) is 15.4. The predicted octanol–water partition coefficient (Wildman–Crippen LogP) is 6.24. The first-order valence-electron chi connectivity index (χ1n) is 17.0. The van der Waals surface area contributed by atoms with Crippen LogP contribution in [0.2, 0.25) is 0 Å². The summed E-state index contributed by atoms with van der Waals surface area (Å²) in [5.41, 5.74) is 1.66. The number of carbonyl (C=O) groups is 1. The summed E-state index contributed by atoms with van der Waals surface area (Å²) in [5, 5.41) is 4.67. The molecule has 0 spiro atoms. The molecule has 12 nitrogen and oxygen atoms in total. The van der Waals surface area contributed by atoms with Crippen molar-refractivity contribution < 1.29 is 40.0 Å². The number of esters is 1. The number of aromatic nitrogens is 2. The lowest BCUT2D eigenvalue weighted by Gasteiger charge is -2.32. The van der Waals surface area contributed by atoms with Crippen molar-refractivity contribution >= 4 is 26.1 Å². The number of fused-ring (bicyclic) bond motifs is 1. The van der Waals surface area contributed by atoms with E-state index in [0.29, 0.717) is 30.4 Å². The molecule has 0 N–H and O–H groups in total. The second-order valence-corrected chi connectivity index (χ2v) is 16.8. The Bertz CT molecular complexity index is 2250. The van der Waals surface area contributed by atoms with Gasteiger partial charge in [-0.25, -0.2) is 13.1 Å². The maximum absolute atomic E-state index is 14.3. The summed E-state index contributed by atoms with van der Waals surface area (Å²) < 4.78 is 81.3. The Kier molecular flexibility index (Phi) is 10.9. The summed E-state index contributed by atoms with van der Waals surface area (Å²) in [7, 11) is -8.80. The number of hydrogen-bond acceptors (Lipinski definition) is 10. The SMILES string of the molecule is CCOC(=O)[C@H]1Cc2nn(C(C)(C)C)c(OS(=O)(=O)c3ccc(OCc4ccccc4)cc3)c2CN1S(=O)(=O)c1ccc(OCc2ccccc2)cc1. The van der Waals surface area contributed by atoms with Crippen LogP contribution in [-0.4, -0.2) is 49.5 Å². The van der Waals surface area contributed by atoms with Crippen molar-refractivity contribution in [2.45, 2.75) is 75.2 Å². The van der Waals surface area contributed by atoms with Gasteiger partial charge in [-0.3, -0.25) is 4.79 Å². The summed E-state index contributed by atoms with van der Waals surface area (Å²) in [5.74, 6) is 0.0222. The maximum atomic E-state index is 14.3. The Hall–Kier alpha value is -5.18. The summed E-state index contributed by atoms with van der Waals surface area (Å²) in [6.45, 7) is 7.28. The smallest absolute Gasteiger partial charge is 0.340 e. The molecule has 5 aromatic rings. The number of carbonyl (C=O) groups excluding carboxylic acids is 1. The topological polar surface area (TPSA) is 143 Å². The van der Waals surface area contributed by atoms with Crippen LogP contribution < -0.4 is 13.7 Å². The molecule has 0 saturated heterocycles. The number of ether oxygens (including phenoxy) is 3. The van der Waals surface area contributed by atoms with Crippen LogP contribution in [0.4, 0.5) is 0 Å². The molecular weight excluding hydrogens is 719 g/mol. The molecule has 1 aliphatic rings. The highest BCUT2D eigenvalue weighted by atomic mass is 32.2. The number of hydrogen-bond donors (Lipinski definition) is 0. The van der Waals surface area contributed by atoms with Gasteiger partial charge < -0.3 is 18.4 Å². The molecule has 1 aromatic heterocycles. The Morgan fingerprint density at radius 1 is 0.755 bits per heavy atom. The fraction of sp³-hybridized carbons (Fsp3) is 0.282. The summed E-state index contributed by atoms with van der Waals surface area (Å²) in [6, 6.07) is 29.5. The van der Waals surface area contributed by atoms with Crippen LogP contribution in [0.5, 0.6) is 17.4 Å². The van der Waals surface area contributed by atoms with E-state index < -0.39 is 44.2 Å². The average molecular weight is 760 g/mol. The van der Waals surface area contributed by atoms with E-state index in [2.05, 4.69) is 5.10 Å². The van der Waals surface area contributed by atoms with E-state index in [9.17, 15) is 21.6 Å². The highest BCUT2D eigenvalue weighted by molar-refractivity contribution is 7.89. The quantitative estimate of drug-likeness (QED) is 0.1000. The first-order chi connectivity index (χ1) is 25.3. The lowest BCUT2D eigenvalue weighted by molar-refractivity contribution is -0.148. The van der Waals surface area contributed by atoms with Gasteiger partial charge in [0.1, 0.15) is 35.7 Å². The van der Waals surface area contributed by atoms with Gasteiger partial charge in [0.05, 0.1) is 28.3 Å². The molecule has 2 heterocycles. The second-order valence-electron chi connectivity index (χ2n) is 13.4. The fourth-order valence-corrected chi connectivity index (χ4v) is 8.25. The number of rotatable bonds is 13. The average Bonchev–Trinajstić information content (AvgIpc) is 3.51. The molecular formula is C39H41N3O9S2. The van der Waals surface area contributed by atoms with Crippen molar-refractivity contribution in [2.75, 3.05) is 6.61 Å². The summed E-state index contributed by atoms with van der Waals surface area (Å²) in [4.78, 5) is 13.1. The third-order valence-electron chi connectivity index (χ3n) is 8.49. The molecule has 4 aromatic carbocycles. The highest BCUT2D eigenvalue weighted by Crippen LogP contribution is 2.38. The van der Waals surface area contributed by atoms with Gasteiger partial charge in [0, 0.05) is 13.0 Å². The van der Waals surface area contributed by atoms with E-state index in [1.165, 1.54) is 41.1 Å². The Morgan fingerprint density at radius 2 is 1.26 bits per heavy atom. The zero-order valence-corrected chi connectivity index (χ0v) is 31.5. The normalized spacial score (nSPS) is 15.0. The van der Waals surface area contributed by atoms with Gasteiger partial charge in [0.15, 0.2) is 0 Å². The van der Waals surface area contributed by atoms with Gasteiger partial charge in [-0.15, -0.1) is 0 Å². The predicted molar refractivity (Wildman–Crippen MR) is 196 cm³/mol. The van der Waals surface area contributed by atoms with Crippen LogP contribution in [0.25, 0.3) is 0 Å². The molecule has 0 fully saturated rings. The monoisotopic (exact) mass is 759 g/mol. The van der Waals surface area contributed by atoms with Gasteiger partial charge in [-0.05, 0) is 87.4 Å². The van der Waals surface area contributed by atoms with Gasteiger partial charge >= 0.3 is 16.1 Å². The Balaban J connectivity index is 1.29. The van der Waals surface area contributed by atoms with Crippen LogP contribution in [0.15, 0.2) is 119 Å². The summed E-state index contributed by atoms with van der Waals surface area (Å²) >= 11 is 0. The van der Waals surface area contributed by atoms with E-state index in [4.69, 9.17) is 18.4 Å². The number of benzene rings is 4. The number of sulfonamides is 1. The maximum Gasteiger partial charge on any atom is 0.340 e. The molecule has 14 heteroatoms. The highest BCUT2D eigenvalue weighted by Gasteiger charge is 2.45. The summed E-state index contributed by atoms with van der Waals surface area (Å²) in [6.07, 6.45) is -0.168. The van der Waals surface area contributed by atoms with Crippen molar-refractivity contribution in [2.24, 2.45) is 0 Å². The molecule has 53 heavy (non-hydrogen) atoms. The van der Waals surface area contributed by atoms with Crippen LogP contribution in [0.1, 0.15) is 50.1 Å². The third-order valence-corrected chi connectivity index (χ3v) is 11.6. The van der Waals surface area contributed by atoms with E-state index >= 15 is 0 Å². The molecule has 0 amide bonds. The lowest BCUT2D eigenvalue weighted by Crippen LogP contribution is -2.49. The first kappa shape index (κ1) is 37.6. The molecule has 6 rings (SSSR count). The van der Waals surface area contributed by atoms with E-state index in [0.717, 1.165) is 15.4 Å². The molecule has 1 atom stereocenters. The molecule has 278 valence electrons. The molecule has 0 unspecified atom stereocenters. The first-order valence-corrected chi connectivity index (χ1v) is 19.9. The van der Waals surface area contributed by atoms with Crippen LogP contribution in [0.3, 0.4) is 0 Å². The van der Waals surface area contributed by atoms with Gasteiger partial charge in [0.2, 0.25) is 15.9 Å². The van der Waals surface area contributed by atoms with Crippen molar-refractivity contribution in [3.8, 4) is 17.4 Å². The molecule has 0 aliphatic carbocycles. The van der Waals surface area contributed by atoms with Gasteiger partial charge in [0.25, 0.3) is 0 Å². The van der Waals surface area contributed by atoms with Gasteiger partial charge in [-0.2, -0.15) is 17.8 Å². The van der Waals surface area contributed by atoms with Crippen LogP contribution in [-0.2, 0) is 61.4 Å². The van der Waals surface area contributed by atoms with E-state index in [1.807, 2.05) is 81.4 Å². The third kappa shape index (κ3) is 8.56. The van der Waals surface area contributed by atoms with Gasteiger partial charge in [-0.1, -0.05) is 60.7 Å². The van der Waals surface area contributed by atoms with Crippen molar-refractivity contribution in [1.82, 2.24) is 14.1 Å². The Morgan fingerprint density at radius 3 is 1.75 bits per heavy atom. The lowest BCUT2D eigenvalue weighted by atomic mass is 10.0. The van der Waals surface area contributed by atoms with E-state index in [1.54, 1.807) is 19.1 Å². The largest absolute Gasteiger partial charge is 0.489 e. The minimum Gasteiger partial charge on any atom is -0.489 e. The van der Waals surface area contributed by atoms with Crippen molar-refractivity contribution in [1.29, 1.82) is 0 Å². The number of nitrogens with zero attached hydrogens (tertiary/aromatic N) is 3. The Labute approximate surface area is 310 Å².